The van der Waals surface area contributed by atoms with E-state index in [2.05, 4.69) is 0 Å². The fraction of sp³-hybridized carbons (Fsp3) is 0.556. The quantitative estimate of drug-likeness (QED) is 0.825. The van der Waals surface area contributed by atoms with Crippen LogP contribution < -0.4 is 9.47 Å². The van der Waals surface area contributed by atoms with Crippen molar-refractivity contribution in [1.29, 1.82) is 0 Å². The summed E-state index contributed by atoms with van der Waals surface area (Å²) in [4.78, 5) is 28.8. The van der Waals surface area contributed by atoms with Crippen molar-refractivity contribution in [2.24, 2.45) is 5.92 Å². The van der Waals surface area contributed by atoms with Gasteiger partial charge in [-0.15, -0.1) is 0 Å². The lowest BCUT2D eigenvalue weighted by molar-refractivity contribution is -0.132. The number of ether oxygens (including phenoxy) is 2. The highest BCUT2D eigenvalue weighted by Gasteiger charge is 2.34. The zero-order valence-electron chi connectivity index (χ0n) is 13.7. The predicted molar refractivity (Wildman–Crippen MR) is 87.3 cm³/mol. The van der Waals surface area contributed by atoms with Gasteiger partial charge in [0.15, 0.2) is 11.5 Å². The number of benzene rings is 1. The van der Waals surface area contributed by atoms with Crippen LogP contribution in [0.25, 0.3) is 0 Å². The Balaban J connectivity index is 1.43. The van der Waals surface area contributed by atoms with Crippen molar-refractivity contribution in [3.05, 3.63) is 23.8 Å². The van der Waals surface area contributed by atoms with E-state index in [0.717, 1.165) is 25.8 Å². The Morgan fingerprint density at radius 2 is 1.62 bits per heavy atom. The molecule has 1 aromatic rings. The van der Waals surface area contributed by atoms with Crippen molar-refractivity contribution in [2.75, 3.05) is 39.4 Å². The Kier molecular flexibility index (Phi) is 4.04. The van der Waals surface area contributed by atoms with Gasteiger partial charge in [0.25, 0.3) is 5.91 Å². The lowest BCUT2D eigenvalue weighted by atomic mass is 10.1. The molecule has 2 aliphatic heterocycles. The second-order valence-corrected chi connectivity index (χ2v) is 6.60. The molecular formula is C18H22N2O4. The smallest absolute Gasteiger partial charge is 0.254 e. The lowest BCUT2D eigenvalue weighted by Crippen LogP contribution is -2.38. The van der Waals surface area contributed by atoms with Crippen LogP contribution in [-0.4, -0.2) is 61.0 Å². The normalized spacial score (nSPS) is 20.5. The van der Waals surface area contributed by atoms with Crippen LogP contribution in [0, 0.1) is 5.92 Å². The number of hydrogen-bond donors (Lipinski definition) is 0. The van der Waals surface area contributed by atoms with Crippen molar-refractivity contribution in [1.82, 2.24) is 9.80 Å². The zero-order valence-corrected chi connectivity index (χ0v) is 13.7. The van der Waals surface area contributed by atoms with E-state index in [-0.39, 0.29) is 17.7 Å². The van der Waals surface area contributed by atoms with Crippen LogP contribution in [0.5, 0.6) is 11.5 Å². The molecule has 0 radical (unpaired) electrons. The van der Waals surface area contributed by atoms with Gasteiger partial charge >= 0.3 is 0 Å². The van der Waals surface area contributed by atoms with Gasteiger partial charge in [-0.25, -0.2) is 0 Å². The number of fused-ring (bicyclic) bond motifs is 1. The zero-order chi connectivity index (χ0) is 16.5. The average molecular weight is 330 g/mol. The van der Waals surface area contributed by atoms with Crippen molar-refractivity contribution < 1.29 is 19.1 Å². The van der Waals surface area contributed by atoms with Gasteiger partial charge < -0.3 is 19.3 Å². The highest BCUT2D eigenvalue weighted by molar-refractivity contribution is 5.95. The Morgan fingerprint density at radius 1 is 0.917 bits per heavy atom. The summed E-state index contributed by atoms with van der Waals surface area (Å²) in [7, 11) is 0. The molecule has 1 aromatic carbocycles. The van der Waals surface area contributed by atoms with E-state index in [1.807, 2.05) is 9.80 Å². The molecule has 0 unspecified atom stereocenters. The molecule has 2 heterocycles. The van der Waals surface area contributed by atoms with Gasteiger partial charge in [-0.3, -0.25) is 9.59 Å². The minimum atomic E-state index is -0.00676. The Morgan fingerprint density at radius 3 is 2.42 bits per heavy atom. The molecular weight excluding hydrogens is 308 g/mol. The molecule has 6 nitrogen and oxygen atoms in total. The number of nitrogens with zero attached hydrogens (tertiary/aromatic N) is 2. The first-order chi connectivity index (χ1) is 11.7. The molecule has 6 heteroatoms. The third-order valence-electron chi connectivity index (χ3n) is 4.81. The Labute approximate surface area is 141 Å². The fourth-order valence-corrected chi connectivity index (χ4v) is 3.29. The van der Waals surface area contributed by atoms with Crippen LogP contribution in [0.2, 0.25) is 0 Å². The summed E-state index contributed by atoms with van der Waals surface area (Å²) in [5.41, 5.74) is 0.612. The van der Waals surface area contributed by atoms with Gasteiger partial charge in [0.1, 0.15) is 13.2 Å². The molecule has 1 aliphatic carbocycles. The summed E-state index contributed by atoms with van der Waals surface area (Å²) < 4.78 is 11.1. The third kappa shape index (κ3) is 3.05. The van der Waals surface area contributed by atoms with Gasteiger partial charge in [-0.2, -0.15) is 0 Å². The van der Waals surface area contributed by atoms with E-state index in [0.29, 0.717) is 49.9 Å². The molecule has 1 saturated carbocycles. The van der Waals surface area contributed by atoms with Crippen molar-refractivity contribution >= 4 is 11.8 Å². The van der Waals surface area contributed by atoms with E-state index >= 15 is 0 Å². The maximum Gasteiger partial charge on any atom is 0.254 e. The molecule has 128 valence electrons. The molecule has 2 fully saturated rings. The van der Waals surface area contributed by atoms with Gasteiger partial charge in [-0.1, -0.05) is 0 Å². The minimum absolute atomic E-state index is 0.00676. The largest absolute Gasteiger partial charge is 0.486 e. The van der Waals surface area contributed by atoms with Gasteiger partial charge in [-0.05, 0) is 37.5 Å². The van der Waals surface area contributed by atoms with Crippen LogP contribution in [0.3, 0.4) is 0 Å². The molecule has 0 atom stereocenters. The SMILES string of the molecule is O=C(c1ccc2c(c1)OCCO2)N1CCCN(C(=O)C2CC2)CC1. The van der Waals surface area contributed by atoms with Crippen molar-refractivity contribution in [2.45, 2.75) is 19.3 Å². The third-order valence-corrected chi connectivity index (χ3v) is 4.81. The van der Waals surface area contributed by atoms with E-state index in [1.54, 1.807) is 18.2 Å². The van der Waals surface area contributed by atoms with Crippen LogP contribution in [0.4, 0.5) is 0 Å². The van der Waals surface area contributed by atoms with E-state index < -0.39 is 0 Å². The maximum absolute atomic E-state index is 12.8. The van der Waals surface area contributed by atoms with Gasteiger partial charge in [0.05, 0.1) is 0 Å². The number of hydrogen-bond acceptors (Lipinski definition) is 4. The van der Waals surface area contributed by atoms with E-state index in [1.165, 1.54) is 0 Å². The Bertz CT molecular complexity index is 656. The van der Waals surface area contributed by atoms with Gasteiger partial charge in [0.2, 0.25) is 5.91 Å². The minimum Gasteiger partial charge on any atom is -0.486 e. The molecule has 24 heavy (non-hydrogen) atoms. The summed E-state index contributed by atoms with van der Waals surface area (Å²) in [6.45, 7) is 3.70. The van der Waals surface area contributed by atoms with Crippen molar-refractivity contribution in [3.8, 4) is 11.5 Å². The number of rotatable bonds is 2. The van der Waals surface area contributed by atoms with E-state index in [9.17, 15) is 9.59 Å². The first kappa shape index (κ1) is 15.3. The summed E-state index contributed by atoms with van der Waals surface area (Å²) in [6.07, 6.45) is 2.87. The van der Waals surface area contributed by atoms with Crippen LogP contribution in [-0.2, 0) is 4.79 Å². The number of carbonyl (C=O) groups excluding carboxylic acids is 2. The number of amides is 2. The second-order valence-electron chi connectivity index (χ2n) is 6.60. The summed E-state index contributed by atoms with van der Waals surface area (Å²) in [6, 6.07) is 5.34. The van der Waals surface area contributed by atoms with E-state index in [4.69, 9.17) is 9.47 Å². The predicted octanol–water partition coefficient (Wildman–Crippen LogP) is 1.54. The molecule has 0 spiro atoms. The van der Waals surface area contributed by atoms with Crippen LogP contribution in [0.1, 0.15) is 29.6 Å². The summed E-state index contributed by atoms with van der Waals surface area (Å²) in [5.74, 6) is 1.82. The molecule has 2 amide bonds. The lowest BCUT2D eigenvalue weighted by Gasteiger charge is -2.23. The molecule has 0 aromatic heterocycles. The van der Waals surface area contributed by atoms with Crippen LogP contribution in [0.15, 0.2) is 18.2 Å². The first-order valence-electron chi connectivity index (χ1n) is 8.70. The highest BCUT2D eigenvalue weighted by atomic mass is 16.6. The standard InChI is InChI=1S/C18H22N2O4/c21-17(13-2-3-13)19-6-1-7-20(9-8-19)18(22)14-4-5-15-16(12-14)24-11-10-23-15/h4-5,12-13H,1-3,6-11H2. The monoisotopic (exact) mass is 330 g/mol. The molecule has 4 rings (SSSR count). The average Bonchev–Trinajstić information content (AvgIpc) is 3.46. The Hall–Kier alpha value is -2.24. The second kappa shape index (κ2) is 6.34. The topological polar surface area (TPSA) is 59.1 Å². The molecule has 3 aliphatic rings. The van der Waals surface area contributed by atoms with Crippen LogP contribution >= 0.6 is 0 Å². The van der Waals surface area contributed by atoms with Crippen molar-refractivity contribution in [3.63, 3.8) is 0 Å². The maximum atomic E-state index is 12.8. The number of carbonyl (C=O) groups is 2. The molecule has 0 N–H and O–H groups in total. The summed E-state index contributed by atoms with van der Waals surface area (Å²) >= 11 is 0. The summed E-state index contributed by atoms with van der Waals surface area (Å²) in [5, 5.41) is 0. The van der Waals surface area contributed by atoms with Gasteiger partial charge in [0, 0.05) is 37.7 Å². The first-order valence-corrected chi connectivity index (χ1v) is 8.70. The molecule has 1 saturated heterocycles. The highest BCUT2D eigenvalue weighted by Crippen LogP contribution is 2.32. The molecule has 0 bridgehead atoms. The fourth-order valence-electron chi connectivity index (χ4n) is 3.29.